The predicted octanol–water partition coefficient (Wildman–Crippen LogP) is 0.527. The van der Waals surface area contributed by atoms with Gasteiger partial charge in [0, 0.05) is 28.2 Å². The number of benzene rings is 1. The van der Waals surface area contributed by atoms with Crippen LogP contribution in [-0.4, -0.2) is 58.3 Å². The highest BCUT2D eigenvalue weighted by Crippen LogP contribution is 2.19. The first-order valence-corrected chi connectivity index (χ1v) is 7.22. The van der Waals surface area contributed by atoms with Crippen molar-refractivity contribution in [2.24, 2.45) is 0 Å². The van der Waals surface area contributed by atoms with Crippen LogP contribution in [-0.2, 0) is 15.0 Å². The molecule has 0 heterocycles. The van der Waals surface area contributed by atoms with Crippen LogP contribution in [0.25, 0.3) is 0 Å². The minimum absolute atomic E-state index is 0.232. The first-order chi connectivity index (χ1) is 9.16. The summed E-state index contributed by atoms with van der Waals surface area (Å²) in [5.74, 6) is -0.852. The molecule has 0 bridgehead atoms. The third kappa shape index (κ3) is 3.67. The van der Waals surface area contributed by atoms with Gasteiger partial charge in [-0.05, 0) is 24.3 Å². The highest BCUT2D eigenvalue weighted by Gasteiger charge is 2.27. The molecule has 1 amide bonds. The molecule has 0 aromatic heterocycles. The number of hydrogen-bond acceptors (Lipinski definition) is 3. The zero-order valence-corrected chi connectivity index (χ0v) is 12.7. The molecule has 0 saturated heterocycles. The summed E-state index contributed by atoms with van der Waals surface area (Å²) in [6, 6.07) is 4.93. The minimum atomic E-state index is -3.84. The van der Waals surface area contributed by atoms with Crippen molar-refractivity contribution in [2.75, 3.05) is 39.0 Å². The van der Waals surface area contributed by atoms with Crippen molar-refractivity contribution in [3.63, 3.8) is 0 Å². The molecule has 0 spiro atoms. The van der Waals surface area contributed by atoms with Crippen LogP contribution in [0, 0.1) is 5.82 Å². The van der Waals surface area contributed by atoms with Crippen molar-refractivity contribution in [3.05, 3.63) is 30.1 Å². The lowest BCUT2D eigenvalue weighted by Crippen LogP contribution is -2.45. The first-order valence-electron chi connectivity index (χ1n) is 5.82. The number of carbonyl (C=O) groups excluding carboxylic acids is 1. The molecule has 0 aliphatic carbocycles. The molecular weight excluding hydrogens is 285 g/mol. The lowest BCUT2D eigenvalue weighted by Gasteiger charge is -2.27. The van der Waals surface area contributed by atoms with Crippen LogP contribution >= 0.6 is 0 Å². The van der Waals surface area contributed by atoms with E-state index in [-0.39, 0.29) is 18.1 Å². The molecule has 0 radical (unpaired) electrons. The third-order valence-electron chi connectivity index (χ3n) is 2.63. The maximum Gasteiger partial charge on any atom is 0.304 e. The molecule has 112 valence electrons. The molecule has 0 unspecified atom stereocenters. The van der Waals surface area contributed by atoms with Crippen molar-refractivity contribution >= 4 is 21.8 Å². The van der Waals surface area contributed by atoms with Gasteiger partial charge in [0.15, 0.2) is 0 Å². The van der Waals surface area contributed by atoms with E-state index in [4.69, 9.17) is 0 Å². The molecule has 0 aliphatic heterocycles. The Morgan fingerprint density at radius 3 is 2.00 bits per heavy atom. The Kier molecular flexibility index (Phi) is 5.07. The van der Waals surface area contributed by atoms with E-state index < -0.39 is 16.0 Å². The molecule has 0 aliphatic rings. The van der Waals surface area contributed by atoms with Gasteiger partial charge in [-0.15, -0.1) is 0 Å². The number of likely N-dealkylation sites (N-methyl/N-ethyl adjacent to an activating group) is 1. The topological polar surface area (TPSA) is 60.9 Å². The Balaban J connectivity index is 3.21. The second-order valence-corrected chi connectivity index (χ2v) is 6.63. The van der Waals surface area contributed by atoms with Crippen molar-refractivity contribution in [1.29, 1.82) is 0 Å². The van der Waals surface area contributed by atoms with Gasteiger partial charge in [0.2, 0.25) is 5.91 Å². The van der Waals surface area contributed by atoms with E-state index >= 15 is 0 Å². The number of rotatable bonds is 5. The van der Waals surface area contributed by atoms with Crippen molar-refractivity contribution in [1.82, 2.24) is 9.21 Å². The van der Waals surface area contributed by atoms with Gasteiger partial charge < -0.3 is 4.90 Å². The predicted molar refractivity (Wildman–Crippen MR) is 75.0 cm³/mol. The molecular formula is C12H18FN3O3S. The van der Waals surface area contributed by atoms with Crippen LogP contribution in [0.1, 0.15) is 0 Å². The Morgan fingerprint density at radius 1 is 1.10 bits per heavy atom. The van der Waals surface area contributed by atoms with Gasteiger partial charge in [0.05, 0.1) is 5.69 Å². The van der Waals surface area contributed by atoms with Crippen LogP contribution in [0.15, 0.2) is 24.3 Å². The van der Waals surface area contributed by atoms with E-state index in [2.05, 4.69) is 0 Å². The number of halogens is 1. The van der Waals surface area contributed by atoms with E-state index in [1.807, 2.05) is 0 Å². The lowest BCUT2D eigenvalue weighted by molar-refractivity contribution is -0.127. The summed E-state index contributed by atoms with van der Waals surface area (Å²) in [7, 11) is 1.97. The summed E-state index contributed by atoms with van der Waals surface area (Å²) >= 11 is 0. The summed E-state index contributed by atoms with van der Waals surface area (Å²) in [5, 5.41) is 0. The van der Waals surface area contributed by atoms with E-state index in [0.717, 1.165) is 20.7 Å². The van der Waals surface area contributed by atoms with E-state index in [9.17, 15) is 17.6 Å². The molecule has 0 fully saturated rings. The Morgan fingerprint density at radius 2 is 1.60 bits per heavy atom. The van der Waals surface area contributed by atoms with Gasteiger partial charge in [-0.1, -0.05) is 0 Å². The Labute approximate surface area is 118 Å². The van der Waals surface area contributed by atoms with Gasteiger partial charge >= 0.3 is 10.2 Å². The fourth-order valence-corrected chi connectivity index (χ4v) is 2.43. The zero-order chi connectivity index (χ0) is 15.5. The first kappa shape index (κ1) is 16.4. The molecule has 0 saturated carbocycles. The van der Waals surface area contributed by atoms with E-state index in [0.29, 0.717) is 0 Å². The van der Waals surface area contributed by atoms with Crippen molar-refractivity contribution in [2.45, 2.75) is 0 Å². The van der Waals surface area contributed by atoms with Crippen LogP contribution in [0.5, 0.6) is 0 Å². The number of anilines is 1. The highest BCUT2D eigenvalue weighted by molar-refractivity contribution is 7.90. The standard InChI is InChI=1S/C12H18FN3O3S/c1-14(2)12(17)9-16(20(18,19)15(3)4)11-7-5-10(13)6-8-11/h5-8H,9H2,1-4H3. The number of nitrogens with zero attached hydrogens (tertiary/aromatic N) is 3. The van der Waals surface area contributed by atoms with Crippen LogP contribution < -0.4 is 4.31 Å². The Hall–Kier alpha value is -1.67. The van der Waals surface area contributed by atoms with Crippen molar-refractivity contribution < 1.29 is 17.6 Å². The smallest absolute Gasteiger partial charge is 0.304 e. The monoisotopic (exact) mass is 303 g/mol. The molecule has 0 N–H and O–H groups in total. The number of carbonyl (C=O) groups is 1. The average Bonchev–Trinajstić information content (AvgIpc) is 2.36. The second-order valence-electron chi connectivity index (χ2n) is 4.56. The quantitative estimate of drug-likeness (QED) is 0.797. The lowest BCUT2D eigenvalue weighted by atomic mass is 10.3. The largest absolute Gasteiger partial charge is 0.347 e. The minimum Gasteiger partial charge on any atom is -0.347 e. The SMILES string of the molecule is CN(C)C(=O)CN(c1ccc(F)cc1)S(=O)(=O)N(C)C. The summed E-state index contributed by atoms with van der Waals surface area (Å²) in [6.45, 7) is -0.348. The average molecular weight is 303 g/mol. The number of hydrogen-bond donors (Lipinski definition) is 0. The maximum absolute atomic E-state index is 12.9. The van der Waals surface area contributed by atoms with Gasteiger partial charge in [-0.3, -0.25) is 4.79 Å². The van der Waals surface area contributed by atoms with Gasteiger partial charge in [-0.25, -0.2) is 8.70 Å². The summed E-state index contributed by atoms with van der Waals surface area (Å²) in [4.78, 5) is 13.1. The van der Waals surface area contributed by atoms with Crippen molar-refractivity contribution in [3.8, 4) is 0 Å². The Bertz CT molecular complexity index is 570. The van der Waals surface area contributed by atoms with Crippen LogP contribution in [0.2, 0.25) is 0 Å². The van der Waals surface area contributed by atoms with Crippen LogP contribution in [0.4, 0.5) is 10.1 Å². The van der Waals surface area contributed by atoms with Gasteiger partial charge in [0.25, 0.3) is 0 Å². The molecule has 6 nitrogen and oxygen atoms in total. The maximum atomic E-state index is 12.9. The normalized spacial score (nSPS) is 11.5. The molecule has 1 rings (SSSR count). The zero-order valence-electron chi connectivity index (χ0n) is 11.9. The number of amides is 1. The molecule has 1 aromatic rings. The molecule has 20 heavy (non-hydrogen) atoms. The fourth-order valence-electron chi connectivity index (χ4n) is 1.37. The molecule has 0 atom stereocenters. The van der Waals surface area contributed by atoms with Crippen LogP contribution in [0.3, 0.4) is 0 Å². The highest BCUT2D eigenvalue weighted by atomic mass is 32.2. The van der Waals surface area contributed by atoms with Gasteiger partial charge in [-0.2, -0.15) is 12.7 Å². The van der Waals surface area contributed by atoms with E-state index in [1.165, 1.54) is 45.2 Å². The second kappa shape index (κ2) is 6.19. The van der Waals surface area contributed by atoms with E-state index in [1.54, 1.807) is 0 Å². The molecule has 8 heteroatoms. The molecule has 1 aromatic carbocycles. The summed E-state index contributed by atoms with van der Waals surface area (Å²) in [6.07, 6.45) is 0. The third-order valence-corrected chi connectivity index (χ3v) is 4.45. The summed E-state index contributed by atoms with van der Waals surface area (Å²) in [5.41, 5.74) is 0.232. The fraction of sp³-hybridized carbons (Fsp3) is 0.417. The van der Waals surface area contributed by atoms with Gasteiger partial charge in [0.1, 0.15) is 12.4 Å². The summed E-state index contributed by atoms with van der Waals surface area (Å²) < 4.78 is 39.4.